The fourth-order valence-electron chi connectivity index (χ4n) is 2.49. The Balaban J connectivity index is 2.24. The molecular formula is C14H11F4N5O2. The molecule has 0 spiro atoms. The maximum absolute atomic E-state index is 13.5. The van der Waals surface area contributed by atoms with Crippen LogP contribution in [0.4, 0.5) is 23.5 Å². The fourth-order valence-corrected chi connectivity index (χ4v) is 2.49. The molecule has 132 valence electrons. The average Bonchev–Trinajstić information content (AvgIpc) is 3.01. The van der Waals surface area contributed by atoms with Crippen LogP contribution in [0.3, 0.4) is 0 Å². The standard InChI is InChI=1S/C14H11F4N5O2/c1-2-25-12(24)9-10(7-3-5-8(15)6-4-7)23-13(20-21-22-23)19-11(9)14(16,17)18/h3-6,10H,2H2,1H3,(H,19,20,22)/t10-/m1/s1. The Morgan fingerprint density at radius 2 is 2.00 bits per heavy atom. The van der Waals surface area contributed by atoms with Crippen LogP contribution < -0.4 is 5.32 Å². The van der Waals surface area contributed by atoms with Crippen LogP contribution in [0.1, 0.15) is 18.5 Å². The van der Waals surface area contributed by atoms with Gasteiger partial charge in [0.1, 0.15) is 17.6 Å². The van der Waals surface area contributed by atoms with Gasteiger partial charge in [-0.05, 0) is 35.0 Å². The molecule has 0 unspecified atom stereocenters. The summed E-state index contributed by atoms with van der Waals surface area (Å²) >= 11 is 0. The zero-order valence-corrected chi connectivity index (χ0v) is 12.7. The van der Waals surface area contributed by atoms with Crippen LogP contribution in [0.5, 0.6) is 0 Å². The Hall–Kier alpha value is -2.98. The highest BCUT2D eigenvalue weighted by Gasteiger charge is 2.46. The maximum Gasteiger partial charge on any atom is 0.431 e. The molecule has 2 aromatic rings. The number of aromatic nitrogens is 4. The Morgan fingerprint density at radius 1 is 1.32 bits per heavy atom. The molecule has 0 saturated heterocycles. The number of benzene rings is 1. The lowest BCUT2D eigenvalue weighted by Gasteiger charge is -2.29. The van der Waals surface area contributed by atoms with E-state index in [1.54, 1.807) is 0 Å². The second-order valence-electron chi connectivity index (χ2n) is 5.03. The number of allylic oxidation sites excluding steroid dienone is 1. The third kappa shape index (κ3) is 3.04. The Morgan fingerprint density at radius 3 is 2.60 bits per heavy atom. The van der Waals surface area contributed by atoms with Gasteiger partial charge >= 0.3 is 12.1 Å². The predicted octanol–water partition coefficient (Wildman–Crippen LogP) is 2.21. The second-order valence-corrected chi connectivity index (χ2v) is 5.03. The summed E-state index contributed by atoms with van der Waals surface area (Å²) in [5.74, 6) is -2.04. The van der Waals surface area contributed by atoms with E-state index in [0.29, 0.717) is 0 Å². The molecule has 25 heavy (non-hydrogen) atoms. The minimum atomic E-state index is -4.88. The summed E-state index contributed by atoms with van der Waals surface area (Å²) in [5.41, 5.74) is -1.83. The van der Waals surface area contributed by atoms with Crippen molar-refractivity contribution in [1.82, 2.24) is 20.2 Å². The number of carbonyl (C=O) groups is 1. The lowest BCUT2D eigenvalue weighted by molar-refractivity contribution is -0.140. The number of esters is 1. The first kappa shape index (κ1) is 16.9. The van der Waals surface area contributed by atoms with Gasteiger partial charge in [-0.2, -0.15) is 17.9 Å². The Kier molecular flexibility index (Phi) is 4.15. The van der Waals surface area contributed by atoms with Gasteiger partial charge in [0.15, 0.2) is 0 Å². The van der Waals surface area contributed by atoms with Crippen LogP contribution in [0.2, 0.25) is 0 Å². The van der Waals surface area contributed by atoms with Crippen molar-refractivity contribution in [3.63, 3.8) is 0 Å². The number of ether oxygens (including phenoxy) is 1. The Bertz CT molecular complexity index is 828. The summed E-state index contributed by atoms with van der Waals surface area (Å²) in [5, 5.41) is 12.5. The largest absolute Gasteiger partial charge is 0.463 e. The van der Waals surface area contributed by atoms with Crippen LogP contribution >= 0.6 is 0 Å². The number of fused-ring (bicyclic) bond motifs is 1. The highest BCUT2D eigenvalue weighted by Crippen LogP contribution is 2.40. The third-order valence-electron chi connectivity index (χ3n) is 3.48. The number of rotatable bonds is 3. The lowest BCUT2D eigenvalue weighted by atomic mass is 9.95. The third-order valence-corrected chi connectivity index (χ3v) is 3.48. The highest BCUT2D eigenvalue weighted by atomic mass is 19.4. The number of carbonyl (C=O) groups excluding carboxylic acids is 1. The molecule has 0 aliphatic carbocycles. The van der Waals surface area contributed by atoms with Gasteiger partial charge in [0.2, 0.25) is 5.95 Å². The fraction of sp³-hybridized carbons (Fsp3) is 0.286. The molecule has 2 heterocycles. The number of tetrazole rings is 1. The van der Waals surface area contributed by atoms with Crippen LogP contribution in [0.25, 0.3) is 0 Å². The summed E-state index contributed by atoms with van der Waals surface area (Å²) in [6.45, 7) is 1.35. The van der Waals surface area contributed by atoms with Crippen molar-refractivity contribution >= 4 is 11.9 Å². The summed E-state index contributed by atoms with van der Waals surface area (Å²) in [7, 11) is 0. The quantitative estimate of drug-likeness (QED) is 0.670. The first-order chi connectivity index (χ1) is 11.8. The zero-order valence-electron chi connectivity index (χ0n) is 12.7. The molecule has 0 saturated carbocycles. The monoisotopic (exact) mass is 357 g/mol. The van der Waals surface area contributed by atoms with E-state index in [1.165, 1.54) is 19.1 Å². The molecule has 0 amide bonds. The van der Waals surface area contributed by atoms with E-state index in [9.17, 15) is 22.4 Å². The molecule has 0 radical (unpaired) electrons. The van der Waals surface area contributed by atoms with Crippen molar-refractivity contribution < 1.29 is 27.1 Å². The zero-order chi connectivity index (χ0) is 18.2. The number of halogens is 4. The molecule has 11 heteroatoms. The molecule has 1 aliphatic rings. The van der Waals surface area contributed by atoms with E-state index in [0.717, 1.165) is 16.8 Å². The van der Waals surface area contributed by atoms with Gasteiger partial charge in [0.05, 0.1) is 12.2 Å². The number of hydrogen-bond donors (Lipinski definition) is 1. The molecule has 1 aliphatic heterocycles. The highest BCUT2D eigenvalue weighted by molar-refractivity contribution is 5.92. The predicted molar refractivity (Wildman–Crippen MR) is 75.7 cm³/mol. The van der Waals surface area contributed by atoms with Crippen molar-refractivity contribution in [2.75, 3.05) is 11.9 Å². The van der Waals surface area contributed by atoms with Gasteiger partial charge in [-0.25, -0.2) is 9.18 Å². The summed E-state index contributed by atoms with van der Waals surface area (Å²) in [6.07, 6.45) is -4.88. The molecule has 7 nitrogen and oxygen atoms in total. The smallest absolute Gasteiger partial charge is 0.431 e. The summed E-state index contributed by atoms with van der Waals surface area (Å²) < 4.78 is 59.4. The molecular weight excluding hydrogens is 346 g/mol. The number of alkyl halides is 3. The van der Waals surface area contributed by atoms with Crippen molar-refractivity contribution in [2.45, 2.75) is 19.1 Å². The average molecular weight is 357 g/mol. The second kappa shape index (κ2) is 6.15. The normalized spacial score (nSPS) is 17.1. The van der Waals surface area contributed by atoms with Gasteiger partial charge in [-0.3, -0.25) is 0 Å². The lowest BCUT2D eigenvalue weighted by Crippen LogP contribution is -2.35. The van der Waals surface area contributed by atoms with E-state index in [-0.39, 0.29) is 18.1 Å². The van der Waals surface area contributed by atoms with Crippen LogP contribution in [-0.4, -0.2) is 39.0 Å². The molecule has 1 N–H and O–H groups in total. The molecule has 1 aromatic carbocycles. The first-order valence-electron chi connectivity index (χ1n) is 7.11. The topological polar surface area (TPSA) is 81.9 Å². The van der Waals surface area contributed by atoms with Crippen LogP contribution in [-0.2, 0) is 9.53 Å². The van der Waals surface area contributed by atoms with Crippen molar-refractivity contribution in [1.29, 1.82) is 0 Å². The van der Waals surface area contributed by atoms with Gasteiger partial charge in [-0.1, -0.05) is 17.2 Å². The van der Waals surface area contributed by atoms with Crippen molar-refractivity contribution in [3.8, 4) is 0 Å². The van der Waals surface area contributed by atoms with Gasteiger partial charge in [0, 0.05) is 0 Å². The minimum Gasteiger partial charge on any atom is -0.463 e. The van der Waals surface area contributed by atoms with Crippen LogP contribution in [0.15, 0.2) is 35.5 Å². The van der Waals surface area contributed by atoms with Crippen LogP contribution in [0, 0.1) is 5.82 Å². The maximum atomic E-state index is 13.5. The van der Waals surface area contributed by atoms with Gasteiger partial charge in [0.25, 0.3) is 0 Å². The van der Waals surface area contributed by atoms with E-state index in [2.05, 4.69) is 15.5 Å². The van der Waals surface area contributed by atoms with E-state index in [1.807, 2.05) is 5.32 Å². The molecule has 1 atom stereocenters. The van der Waals surface area contributed by atoms with Crippen molar-refractivity contribution in [3.05, 3.63) is 46.9 Å². The molecule has 1 aromatic heterocycles. The number of nitrogens with zero attached hydrogens (tertiary/aromatic N) is 4. The molecule has 0 bridgehead atoms. The van der Waals surface area contributed by atoms with E-state index in [4.69, 9.17) is 4.74 Å². The summed E-state index contributed by atoms with van der Waals surface area (Å²) in [6, 6.07) is 3.32. The SMILES string of the molecule is CCOC(=O)C1=C(C(F)(F)F)Nc2nnnn2[C@@H]1c1ccc(F)cc1. The number of nitrogens with one attached hydrogen (secondary N) is 1. The Labute approximate surface area is 138 Å². The van der Waals surface area contributed by atoms with E-state index >= 15 is 0 Å². The molecule has 3 rings (SSSR count). The van der Waals surface area contributed by atoms with Crippen molar-refractivity contribution in [2.24, 2.45) is 0 Å². The molecule has 0 fully saturated rings. The summed E-state index contributed by atoms with van der Waals surface area (Å²) in [4.78, 5) is 12.3. The van der Waals surface area contributed by atoms with Gasteiger partial charge < -0.3 is 10.1 Å². The van der Waals surface area contributed by atoms with E-state index < -0.39 is 35.3 Å². The first-order valence-corrected chi connectivity index (χ1v) is 7.11. The minimum absolute atomic E-state index is 0.119. The number of anilines is 1. The van der Waals surface area contributed by atoms with Gasteiger partial charge in [-0.15, -0.1) is 0 Å². The number of hydrogen-bond acceptors (Lipinski definition) is 6.